The van der Waals surface area contributed by atoms with Gasteiger partial charge in [0, 0.05) is 37.9 Å². The summed E-state index contributed by atoms with van der Waals surface area (Å²) in [5.41, 5.74) is 0.395. The average Bonchev–Trinajstić information content (AvgIpc) is 2.65. The number of benzene rings is 1. The maximum absolute atomic E-state index is 12.2. The van der Waals surface area contributed by atoms with Crippen LogP contribution in [-0.4, -0.2) is 67.9 Å². The van der Waals surface area contributed by atoms with Crippen LogP contribution < -0.4 is 4.90 Å². The minimum Gasteiger partial charge on any atom is -0.465 e. The maximum atomic E-state index is 12.2. The molecule has 1 saturated heterocycles. The van der Waals surface area contributed by atoms with Crippen molar-refractivity contribution in [3.63, 3.8) is 0 Å². The van der Waals surface area contributed by atoms with Crippen molar-refractivity contribution in [3.8, 4) is 0 Å². The molecule has 0 saturated carbocycles. The lowest BCUT2D eigenvalue weighted by atomic mass is 10.1. The molecule has 1 aromatic carbocycles. The lowest BCUT2D eigenvalue weighted by Gasteiger charge is -2.36. The Morgan fingerprint density at radius 1 is 1.07 bits per heavy atom. The van der Waals surface area contributed by atoms with E-state index in [4.69, 9.17) is 14.3 Å². The largest absolute Gasteiger partial charge is 0.465 e. The van der Waals surface area contributed by atoms with Crippen LogP contribution in [0.2, 0.25) is 0 Å². The van der Waals surface area contributed by atoms with Gasteiger partial charge in [-0.15, -0.1) is 0 Å². The molecule has 1 aromatic rings. The van der Waals surface area contributed by atoms with Crippen LogP contribution in [0.4, 0.5) is 16.2 Å². The van der Waals surface area contributed by atoms with Crippen LogP contribution in [0.5, 0.6) is 0 Å². The van der Waals surface area contributed by atoms with Crippen LogP contribution in [0.1, 0.15) is 31.1 Å². The fraction of sp³-hybridized carbons (Fsp3) is 0.556. The topological polar surface area (TPSA) is 88.4 Å². The van der Waals surface area contributed by atoms with Crippen LogP contribution in [0.3, 0.4) is 0 Å². The summed E-state index contributed by atoms with van der Waals surface area (Å²) in [5.74, 6) is -0.621. The molecule has 0 bridgehead atoms. The molecule has 0 aromatic heterocycles. The number of anilines is 1. The first-order valence-electron chi connectivity index (χ1n) is 8.63. The smallest absolute Gasteiger partial charge is 0.410 e. The van der Waals surface area contributed by atoms with Crippen LogP contribution in [0.15, 0.2) is 18.2 Å². The van der Waals surface area contributed by atoms with Gasteiger partial charge in [0.15, 0.2) is 7.11 Å². The van der Waals surface area contributed by atoms with E-state index < -0.39 is 11.6 Å². The number of nitrogens with zero attached hydrogens (tertiary/aromatic N) is 3. The van der Waals surface area contributed by atoms with E-state index in [9.17, 15) is 14.5 Å². The Morgan fingerprint density at radius 2 is 1.70 bits per heavy atom. The van der Waals surface area contributed by atoms with Crippen molar-refractivity contribution in [1.29, 1.82) is 0 Å². The molecular formula is C18H26N3O6+. The average molecular weight is 380 g/mol. The first-order chi connectivity index (χ1) is 12.7. The van der Waals surface area contributed by atoms with E-state index in [2.05, 4.69) is 0 Å². The van der Waals surface area contributed by atoms with Crippen LogP contribution >= 0.6 is 0 Å². The normalized spacial score (nSPS) is 14.6. The summed E-state index contributed by atoms with van der Waals surface area (Å²) in [6.07, 6.45) is -0.339. The number of hydrogen-bond donors (Lipinski definition) is 0. The van der Waals surface area contributed by atoms with E-state index in [0.29, 0.717) is 26.2 Å². The number of ether oxygens (including phenoxy) is 2. The lowest BCUT2D eigenvalue weighted by Crippen LogP contribution is -2.50. The number of carbonyl (C=O) groups is 2. The Hall–Kier alpha value is -2.84. The predicted molar refractivity (Wildman–Crippen MR) is 98.1 cm³/mol. The van der Waals surface area contributed by atoms with Crippen molar-refractivity contribution in [3.05, 3.63) is 28.7 Å². The molecule has 27 heavy (non-hydrogen) atoms. The summed E-state index contributed by atoms with van der Waals surface area (Å²) in [4.78, 5) is 44.6. The summed E-state index contributed by atoms with van der Waals surface area (Å²) in [6.45, 7) is 7.62. The molecule has 148 valence electrons. The second-order valence-electron chi connectivity index (χ2n) is 7.09. The zero-order chi connectivity index (χ0) is 20.2. The first kappa shape index (κ1) is 20.5. The number of amides is 1. The highest BCUT2D eigenvalue weighted by Crippen LogP contribution is 2.27. The summed E-state index contributed by atoms with van der Waals surface area (Å²) in [7, 11) is 2.47. The first-order valence-corrected chi connectivity index (χ1v) is 8.63. The van der Waals surface area contributed by atoms with Crippen molar-refractivity contribution in [2.75, 3.05) is 45.3 Å². The standard InChI is InChI=1S/C18H26N3O6/c1-18(2,3)27-17(23)20-10-8-19(9-11-20)13-6-7-14(16(22)25-4)15(12-13)21(24)26-5/h6-7,12H,8-11H2,1-5H3/q+1. The van der Waals surface area contributed by atoms with Gasteiger partial charge in [-0.1, -0.05) is 0 Å². The van der Waals surface area contributed by atoms with Crippen LogP contribution in [0, 0.1) is 4.91 Å². The van der Waals surface area contributed by atoms with Crippen molar-refractivity contribution in [1.82, 2.24) is 4.90 Å². The third-order valence-electron chi connectivity index (χ3n) is 4.05. The van der Waals surface area contributed by atoms with Gasteiger partial charge >= 0.3 is 17.7 Å². The summed E-state index contributed by atoms with van der Waals surface area (Å²) in [5, 5.41) is 0. The summed E-state index contributed by atoms with van der Waals surface area (Å²) in [6, 6.07) is 4.84. The van der Waals surface area contributed by atoms with Crippen molar-refractivity contribution in [2.45, 2.75) is 26.4 Å². The molecule has 0 unspecified atom stereocenters. The Balaban J connectivity index is 2.13. The molecule has 9 heteroatoms. The quantitative estimate of drug-likeness (QED) is 0.586. The van der Waals surface area contributed by atoms with E-state index in [-0.39, 0.29) is 22.3 Å². The van der Waals surface area contributed by atoms with E-state index in [1.807, 2.05) is 25.7 Å². The highest BCUT2D eigenvalue weighted by molar-refractivity contribution is 5.94. The number of hydrogen-bond acceptors (Lipinski definition) is 7. The Morgan fingerprint density at radius 3 is 2.22 bits per heavy atom. The van der Waals surface area contributed by atoms with E-state index in [1.54, 1.807) is 17.0 Å². The zero-order valence-electron chi connectivity index (χ0n) is 16.4. The Kier molecular flexibility index (Phi) is 6.24. The van der Waals surface area contributed by atoms with Gasteiger partial charge in [-0.2, -0.15) is 0 Å². The molecule has 0 atom stereocenters. The van der Waals surface area contributed by atoms with Gasteiger partial charge in [-0.05, 0) is 32.9 Å². The number of methoxy groups -OCH3 is 1. The molecule has 9 nitrogen and oxygen atoms in total. The number of piperazine rings is 1. The molecule has 1 amide bonds. The molecule has 0 radical (unpaired) electrons. The lowest BCUT2D eigenvalue weighted by molar-refractivity contribution is -0.736. The van der Waals surface area contributed by atoms with E-state index in [1.165, 1.54) is 20.3 Å². The van der Waals surface area contributed by atoms with Crippen LogP contribution in [-0.2, 0) is 14.3 Å². The molecule has 0 aliphatic carbocycles. The third-order valence-corrected chi connectivity index (χ3v) is 4.05. The molecule has 1 fully saturated rings. The van der Waals surface area contributed by atoms with Crippen LogP contribution in [0.25, 0.3) is 0 Å². The molecule has 0 spiro atoms. The second kappa shape index (κ2) is 8.24. The molecule has 1 aliphatic heterocycles. The fourth-order valence-electron chi connectivity index (χ4n) is 2.72. The fourth-order valence-corrected chi connectivity index (χ4v) is 2.72. The van der Waals surface area contributed by atoms with Gasteiger partial charge < -0.3 is 19.3 Å². The van der Waals surface area contributed by atoms with Gasteiger partial charge in [0.25, 0.3) is 4.92 Å². The predicted octanol–water partition coefficient (Wildman–Crippen LogP) is 2.50. The van der Waals surface area contributed by atoms with Crippen molar-refractivity contribution < 1.29 is 28.8 Å². The van der Waals surface area contributed by atoms with Gasteiger partial charge in [0.1, 0.15) is 11.2 Å². The summed E-state index contributed by atoms with van der Waals surface area (Å²) >= 11 is 0. The minimum atomic E-state index is -0.621. The van der Waals surface area contributed by atoms with Gasteiger partial charge in [-0.3, -0.25) is 0 Å². The van der Waals surface area contributed by atoms with Crippen molar-refractivity contribution >= 4 is 23.4 Å². The number of carbonyl (C=O) groups excluding carboxylic acids is 2. The van der Waals surface area contributed by atoms with Gasteiger partial charge in [0.05, 0.1) is 12.0 Å². The molecule has 1 aliphatic rings. The maximum Gasteiger partial charge on any atom is 0.410 e. The Labute approximate surface area is 158 Å². The van der Waals surface area contributed by atoms with Crippen molar-refractivity contribution in [2.24, 2.45) is 0 Å². The van der Waals surface area contributed by atoms with E-state index in [0.717, 1.165) is 5.69 Å². The summed E-state index contributed by atoms with van der Waals surface area (Å²) < 4.78 is 10.1. The Bertz CT molecular complexity index is 720. The number of esters is 1. The second-order valence-corrected chi connectivity index (χ2v) is 7.09. The number of rotatable bonds is 4. The highest BCUT2D eigenvalue weighted by Gasteiger charge is 2.30. The monoisotopic (exact) mass is 380 g/mol. The molecule has 1 heterocycles. The van der Waals surface area contributed by atoms with Gasteiger partial charge in [0.2, 0.25) is 0 Å². The van der Waals surface area contributed by atoms with Gasteiger partial charge in [-0.25, -0.2) is 14.4 Å². The molecule has 2 rings (SSSR count). The molecule has 0 N–H and O–H groups in total. The highest BCUT2D eigenvalue weighted by atomic mass is 16.8. The molecular weight excluding hydrogens is 354 g/mol. The SMILES string of the molecule is COC(=O)c1ccc(N2CCN(C(=O)OC(C)(C)C)CC2)cc1[N+](=O)OC. The minimum absolute atomic E-state index is 0.0661. The van der Waals surface area contributed by atoms with E-state index >= 15 is 0 Å². The third kappa shape index (κ3) is 5.08. The zero-order valence-corrected chi connectivity index (χ0v) is 16.4.